The zero-order valence-corrected chi connectivity index (χ0v) is 25.5. The second-order valence-electron chi connectivity index (χ2n) is 11.8. The summed E-state index contributed by atoms with van der Waals surface area (Å²) in [6.07, 6.45) is 0. The number of anilines is 3. The molecule has 10 aromatic rings. The third-order valence-corrected chi connectivity index (χ3v) is 10.3. The quantitative estimate of drug-likeness (QED) is 0.199. The fraction of sp³-hybridized carbons (Fsp3) is 0. The third kappa shape index (κ3) is 3.77. The molecule has 0 aliphatic carbocycles. The van der Waals surface area contributed by atoms with Crippen molar-refractivity contribution in [2.24, 2.45) is 0 Å². The van der Waals surface area contributed by atoms with Crippen molar-refractivity contribution in [3.05, 3.63) is 158 Å². The van der Waals surface area contributed by atoms with Crippen LogP contribution in [0.2, 0.25) is 0 Å². The number of aromatic nitrogens is 1. The van der Waals surface area contributed by atoms with Gasteiger partial charge in [0.25, 0.3) is 0 Å². The molecule has 0 fully saturated rings. The molecular formula is C42H26N2OS. The number of rotatable bonds is 4. The summed E-state index contributed by atoms with van der Waals surface area (Å²) in [6.45, 7) is 0. The summed E-state index contributed by atoms with van der Waals surface area (Å²) in [6, 6.07) is 56.6. The Morgan fingerprint density at radius 1 is 0.413 bits per heavy atom. The van der Waals surface area contributed by atoms with Crippen molar-refractivity contribution >= 4 is 92.3 Å². The number of nitrogens with zero attached hydrogens (tertiary/aromatic N) is 2. The molecule has 0 bridgehead atoms. The lowest BCUT2D eigenvalue weighted by molar-refractivity contribution is 0.669. The number of hydrogen-bond acceptors (Lipinski definition) is 3. The van der Waals surface area contributed by atoms with Crippen LogP contribution in [0.3, 0.4) is 0 Å². The van der Waals surface area contributed by atoms with Crippen LogP contribution < -0.4 is 4.90 Å². The van der Waals surface area contributed by atoms with Crippen molar-refractivity contribution in [1.29, 1.82) is 0 Å². The average Bonchev–Trinajstić information content (AvgIpc) is 3.78. The fourth-order valence-corrected chi connectivity index (χ4v) is 8.25. The summed E-state index contributed by atoms with van der Waals surface area (Å²) in [7, 11) is 0. The standard InChI is InChI=1S/C42H26N2OS/c1-5-13-37-31(9-1)32-10-2-6-14-38(32)44(37)28-19-17-27(18-20-28)43(29-21-23-34-33-11-3-7-15-39(33)45-40(34)25-29)30-22-24-36-35-12-4-8-16-41(35)46-42(36)26-30/h1-26H. The van der Waals surface area contributed by atoms with Crippen LogP contribution in [0.5, 0.6) is 0 Å². The molecule has 3 heterocycles. The Kier molecular flexibility index (Phi) is 5.45. The molecule has 0 aliphatic rings. The molecule has 4 heteroatoms. The number of hydrogen-bond donors (Lipinski definition) is 0. The van der Waals surface area contributed by atoms with Gasteiger partial charge in [-0.15, -0.1) is 11.3 Å². The minimum Gasteiger partial charge on any atom is -0.456 e. The summed E-state index contributed by atoms with van der Waals surface area (Å²) in [5.74, 6) is 0. The van der Waals surface area contributed by atoms with E-state index in [1.54, 1.807) is 0 Å². The second kappa shape index (κ2) is 9.83. The van der Waals surface area contributed by atoms with E-state index in [2.05, 4.69) is 155 Å². The molecule has 46 heavy (non-hydrogen) atoms. The van der Waals surface area contributed by atoms with Gasteiger partial charge in [0.2, 0.25) is 0 Å². The molecule has 10 rings (SSSR count). The minimum atomic E-state index is 0.883. The lowest BCUT2D eigenvalue weighted by Gasteiger charge is -2.26. The topological polar surface area (TPSA) is 21.3 Å². The third-order valence-electron chi connectivity index (χ3n) is 9.19. The lowest BCUT2D eigenvalue weighted by atomic mass is 10.1. The predicted octanol–water partition coefficient (Wildman–Crippen LogP) is 12.5. The molecule has 3 nitrogen and oxygen atoms in total. The largest absolute Gasteiger partial charge is 0.456 e. The summed E-state index contributed by atoms with van der Waals surface area (Å²) in [5.41, 5.74) is 8.58. The van der Waals surface area contributed by atoms with Crippen LogP contribution >= 0.6 is 11.3 Å². The highest BCUT2D eigenvalue weighted by atomic mass is 32.1. The van der Waals surface area contributed by atoms with E-state index < -0.39 is 0 Å². The molecule has 0 radical (unpaired) electrons. The summed E-state index contributed by atoms with van der Waals surface area (Å²) in [4.78, 5) is 2.34. The maximum atomic E-state index is 6.35. The Morgan fingerprint density at radius 3 is 1.72 bits per heavy atom. The zero-order chi connectivity index (χ0) is 30.2. The van der Waals surface area contributed by atoms with Gasteiger partial charge in [-0.2, -0.15) is 0 Å². The Morgan fingerprint density at radius 2 is 0.957 bits per heavy atom. The van der Waals surface area contributed by atoms with Crippen molar-refractivity contribution in [1.82, 2.24) is 4.57 Å². The molecule has 0 amide bonds. The molecule has 0 saturated carbocycles. The molecule has 0 saturated heterocycles. The van der Waals surface area contributed by atoms with E-state index in [1.807, 2.05) is 23.5 Å². The molecule has 0 atom stereocenters. The molecule has 3 aromatic heterocycles. The fourth-order valence-electron chi connectivity index (χ4n) is 7.11. The van der Waals surface area contributed by atoms with Gasteiger partial charge in [-0.1, -0.05) is 78.9 Å². The van der Waals surface area contributed by atoms with Crippen LogP contribution in [0.4, 0.5) is 17.1 Å². The Labute approximate surface area is 268 Å². The Balaban J connectivity index is 1.16. The molecule has 0 unspecified atom stereocenters. The zero-order valence-electron chi connectivity index (χ0n) is 24.7. The first-order valence-corrected chi connectivity index (χ1v) is 16.3. The van der Waals surface area contributed by atoms with Crippen LogP contribution in [-0.4, -0.2) is 4.57 Å². The molecule has 0 aliphatic heterocycles. The van der Waals surface area contributed by atoms with Gasteiger partial charge in [0.05, 0.1) is 11.0 Å². The Bertz CT molecular complexity index is 2600. The van der Waals surface area contributed by atoms with Gasteiger partial charge in [-0.05, 0) is 72.8 Å². The van der Waals surface area contributed by atoms with Gasteiger partial charge < -0.3 is 13.9 Å². The Hall–Kier alpha value is -5.84. The van der Waals surface area contributed by atoms with Gasteiger partial charge in [0, 0.05) is 70.5 Å². The molecule has 216 valence electrons. The normalized spacial score (nSPS) is 11.9. The highest BCUT2D eigenvalue weighted by molar-refractivity contribution is 7.25. The monoisotopic (exact) mass is 606 g/mol. The van der Waals surface area contributed by atoms with Crippen LogP contribution in [0, 0.1) is 0 Å². The average molecular weight is 607 g/mol. The number of fused-ring (bicyclic) bond motifs is 9. The van der Waals surface area contributed by atoms with Crippen molar-refractivity contribution < 1.29 is 4.42 Å². The van der Waals surface area contributed by atoms with Gasteiger partial charge in [0.15, 0.2) is 0 Å². The van der Waals surface area contributed by atoms with Crippen LogP contribution in [-0.2, 0) is 0 Å². The van der Waals surface area contributed by atoms with E-state index in [0.717, 1.165) is 44.7 Å². The van der Waals surface area contributed by atoms with Crippen LogP contribution in [0.25, 0.3) is 69.6 Å². The maximum absolute atomic E-state index is 6.35. The first kappa shape index (κ1) is 25.5. The second-order valence-corrected chi connectivity index (χ2v) is 12.9. The van der Waals surface area contributed by atoms with Gasteiger partial charge in [0.1, 0.15) is 11.2 Å². The molecule has 0 spiro atoms. The maximum Gasteiger partial charge on any atom is 0.137 e. The number of thiophene rings is 1. The minimum absolute atomic E-state index is 0.883. The van der Waals surface area contributed by atoms with Crippen molar-refractivity contribution in [2.45, 2.75) is 0 Å². The smallest absolute Gasteiger partial charge is 0.137 e. The van der Waals surface area contributed by atoms with Gasteiger partial charge in [-0.25, -0.2) is 0 Å². The van der Waals surface area contributed by atoms with Crippen molar-refractivity contribution in [2.75, 3.05) is 4.90 Å². The van der Waals surface area contributed by atoms with Crippen molar-refractivity contribution in [3.8, 4) is 5.69 Å². The van der Waals surface area contributed by atoms with Gasteiger partial charge in [-0.3, -0.25) is 0 Å². The van der Waals surface area contributed by atoms with Gasteiger partial charge >= 0.3 is 0 Å². The summed E-state index contributed by atoms with van der Waals surface area (Å²) < 4.78 is 11.3. The summed E-state index contributed by atoms with van der Waals surface area (Å²) in [5, 5.41) is 7.39. The van der Waals surface area contributed by atoms with E-state index in [1.165, 1.54) is 42.0 Å². The van der Waals surface area contributed by atoms with Crippen molar-refractivity contribution in [3.63, 3.8) is 0 Å². The van der Waals surface area contributed by atoms with E-state index in [-0.39, 0.29) is 0 Å². The first-order chi connectivity index (χ1) is 22.8. The highest BCUT2D eigenvalue weighted by Crippen LogP contribution is 2.42. The molecule has 7 aromatic carbocycles. The molecular weight excluding hydrogens is 581 g/mol. The SMILES string of the molecule is c1ccc2c(c1)oc1cc(N(c3ccc(-n4c5ccccc5c5ccccc54)cc3)c3ccc4c(c3)sc3ccccc34)ccc12. The first-order valence-electron chi connectivity index (χ1n) is 15.5. The number of furan rings is 1. The number of benzene rings is 7. The predicted molar refractivity (Wildman–Crippen MR) is 196 cm³/mol. The van der Waals surface area contributed by atoms with E-state index in [9.17, 15) is 0 Å². The van der Waals surface area contributed by atoms with E-state index in [0.29, 0.717) is 0 Å². The van der Waals surface area contributed by atoms with Crippen LogP contribution in [0.1, 0.15) is 0 Å². The molecule has 0 N–H and O–H groups in total. The summed E-state index contributed by atoms with van der Waals surface area (Å²) >= 11 is 1.84. The number of para-hydroxylation sites is 3. The van der Waals surface area contributed by atoms with E-state index in [4.69, 9.17) is 4.42 Å². The highest BCUT2D eigenvalue weighted by Gasteiger charge is 2.18. The lowest BCUT2D eigenvalue weighted by Crippen LogP contribution is -2.10. The van der Waals surface area contributed by atoms with Crippen LogP contribution in [0.15, 0.2) is 162 Å². The van der Waals surface area contributed by atoms with E-state index >= 15 is 0 Å².